The minimum Gasteiger partial charge on any atom is -0.477 e. The fourth-order valence-corrected chi connectivity index (χ4v) is 4.36. The zero-order chi connectivity index (χ0) is 25.3. The van der Waals surface area contributed by atoms with E-state index in [0.717, 1.165) is 11.2 Å². The van der Waals surface area contributed by atoms with Crippen LogP contribution in [0.5, 0.6) is 0 Å². The van der Waals surface area contributed by atoms with E-state index in [2.05, 4.69) is 16.9 Å². The van der Waals surface area contributed by atoms with E-state index in [1.807, 2.05) is 51.3 Å². The maximum atomic E-state index is 13.4. The number of rotatable bonds is 10. The summed E-state index contributed by atoms with van der Waals surface area (Å²) < 4.78 is 10.7. The Morgan fingerprint density at radius 3 is 2.68 bits per heavy atom. The molecule has 0 saturated carbocycles. The summed E-state index contributed by atoms with van der Waals surface area (Å²) in [7, 11) is 1.26. The van der Waals surface area contributed by atoms with Crippen LogP contribution in [0, 0.1) is 17.8 Å². The van der Waals surface area contributed by atoms with Crippen LogP contribution in [-0.2, 0) is 19.1 Å². The molecule has 1 aromatic heterocycles. The van der Waals surface area contributed by atoms with Gasteiger partial charge in [-0.15, -0.1) is 11.3 Å². The number of hydrogen-bond donors (Lipinski definition) is 1. The monoisotopic (exact) mass is 489 g/mol. The number of amides is 2. The zero-order valence-electron chi connectivity index (χ0n) is 20.5. The fourth-order valence-electron chi connectivity index (χ4n) is 3.72. The Hall–Kier alpha value is -2.94. The highest BCUT2D eigenvalue weighted by molar-refractivity contribution is 7.11. The van der Waals surface area contributed by atoms with Crippen LogP contribution in [0.1, 0.15) is 39.0 Å². The molecule has 9 heteroatoms. The molecular formula is C25H35N3O5S. The van der Waals surface area contributed by atoms with Crippen molar-refractivity contribution in [2.24, 2.45) is 22.7 Å². The first kappa shape index (κ1) is 27.3. The highest BCUT2D eigenvalue weighted by atomic mass is 32.1. The van der Waals surface area contributed by atoms with E-state index in [1.165, 1.54) is 12.0 Å². The molecule has 1 aliphatic rings. The van der Waals surface area contributed by atoms with Crippen LogP contribution in [0.25, 0.3) is 5.70 Å². The maximum absolute atomic E-state index is 13.4. The van der Waals surface area contributed by atoms with E-state index in [1.54, 1.807) is 17.4 Å². The summed E-state index contributed by atoms with van der Waals surface area (Å²) in [5.74, 6) is 0.0637. The Morgan fingerprint density at radius 2 is 2.12 bits per heavy atom. The van der Waals surface area contributed by atoms with Crippen molar-refractivity contribution in [3.8, 4) is 0 Å². The maximum Gasteiger partial charge on any atom is 0.407 e. The van der Waals surface area contributed by atoms with Crippen molar-refractivity contribution in [2.45, 2.75) is 46.2 Å². The Labute approximate surface area is 205 Å². The molecule has 1 aromatic rings. The number of carbonyl (C=O) groups excluding carboxylic acids is 3. The number of thiophene rings is 1. The van der Waals surface area contributed by atoms with Crippen molar-refractivity contribution in [2.75, 3.05) is 20.3 Å². The lowest BCUT2D eigenvalue weighted by molar-refractivity contribution is -0.138. The molecule has 2 amide bonds. The molecule has 0 radical (unpaired) electrons. The third kappa shape index (κ3) is 7.28. The number of alkyl carbamates (subject to hydrolysis) is 1. The van der Waals surface area contributed by atoms with Gasteiger partial charge >= 0.3 is 6.09 Å². The topological polar surface area (TPSA) is 97.3 Å². The molecule has 1 unspecified atom stereocenters. The van der Waals surface area contributed by atoms with Gasteiger partial charge in [-0.2, -0.15) is 0 Å². The lowest BCUT2D eigenvalue weighted by Crippen LogP contribution is -2.54. The van der Waals surface area contributed by atoms with Gasteiger partial charge in [-0.05, 0) is 42.7 Å². The number of carbonyl (C=O) groups is 3. The van der Waals surface area contributed by atoms with Crippen LogP contribution in [0.4, 0.5) is 4.79 Å². The van der Waals surface area contributed by atoms with Crippen molar-refractivity contribution in [1.29, 1.82) is 0 Å². The van der Waals surface area contributed by atoms with Crippen molar-refractivity contribution in [3.05, 3.63) is 41.1 Å². The van der Waals surface area contributed by atoms with E-state index >= 15 is 0 Å². The number of ether oxygens (including phenoxy) is 2. The molecule has 34 heavy (non-hydrogen) atoms. The first-order valence-corrected chi connectivity index (χ1v) is 12.3. The van der Waals surface area contributed by atoms with Gasteiger partial charge in [0.25, 0.3) is 0 Å². The third-order valence-electron chi connectivity index (χ3n) is 6.00. The van der Waals surface area contributed by atoms with E-state index in [-0.39, 0.29) is 23.7 Å². The summed E-state index contributed by atoms with van der Waals surface area (Å²) in [5, 5.41) is 4.61. The van der Waals surface area contributed by atoms with Gasteiger partial charge in [0, 0.05) is 12.5 Å². The third-order valence-corrected chi connectivity index (χ3v) is 6.92. The molecule has 1 saturated heterocycles. The Balaban J connectivity index is 2.10. The number of nitrogens with one attached hydrogen (secondary N) is 1. The number of likely N-dealkylation sites (tertiary alicyclic amines) is 1. The van der Waals surface area contributed by atoms with E-state index < -0.39 is 18.2 Å². The summed E-state index contributed by atoms with van der Waals surface area (Å²) in [5.41, 5.74) is 0.608. The van der Waals surface area contributed by atoms with E-state index in [4.69, 9.17) is 9.47 Å². The molecule has 186 valence electrons. The first-order chi connectivity index (χ1) is 16.2. The van der Waals surface area contributed by atoms with Gasteiger partial charge in [0.2, 0.25) is 11.8 Å². The number of hydrogen-bond acceptors (Lipinski definition) is 7. The van der Waals surface area contributed by atoms with Crippen molar-refractivity contribution in [3.63, 3.8) is 0 Å². The average molecular weight is 490 g/mol. The molecule has 2 rings (SSSR count). The largest absolute Gasteiger partial charge is 0.477 e. The smallest absolute Gasteiger partial charge is 0.407 e. The van der Waals surface area contributed by atoms with E-state index in [0.29, 0.717) is 31.2 Å². The molecular weight excluding hydrogens is 454 g/mol. The molecule has 0 bridgehead atoms. The van der Waals surface area contributed by atoms with Crippen molar-refractivity contribution < 1.29 is 23.9 Å². The quantitative estimate of drug-likeness (QED) is 0.303. The second kappa shape index (κ2) is 13.1. The molecule has 2 heterocycles. The molecule has 0 spiro atoms. The normalized spacial score (nSPS) is 20.3. The van der Waals surface area contributed by atoms with Crippen LogP contribution >= 0.6 is 11.3 Å². The highest BCUT2D eigenvalue weighted by Crippen LogP contribution is 2.26. The number of aliphatic imine (C=N–C) groups is 1. The van der Waals surface area contributed by atoms with Crippen molar-refractivity contribution >= 4 is 41.2 Å². The highest BCUT2D eigenvalue weighted by Gasteiger charge is 2.41. The summed E-state index contributed by atoms with van der Waals surface area (Å²) in [4.78, 5) is 44.0. The predicted molar refractivity (Wildman–Crippen MR) is 135 cm³/mol. The molecule has 0 aliphatic carbocycles. The summed E-state index contributed by atoms with van der Waals surface area (Å²) in [6.45, 7) is 12.4. The van der Waals surface area contributed by atoms with Gasteiger partial charge in [-0.25, -0.2) is 9.79 Å². The van der Waals surface area contributed by atoms with Crippen LogP contribution in [0.2, 0.25) is 0 Å². The lowest BCUT2D eigenvalue weighted by Gasteiger charge is -2.31. The molecule has 1 N–H and O–H groups in total. The summed E-state index contributed by atoms with van der Waals surface area (Å²) in [6.07, 6.45) is 4.17. The Bertz CT molecular complexity index is 910. The van der Waals surface area contributed by atoms with E-state index in [9.17, 15) is 14.4 Å². The first-order valence-electron chi connectivity index (χ1n) is 11.4. The van der Waals surface area contributed by atoms with Crippen LogP contribution in [-0.4, -0.2) is 61.4 Å². The summed E-state index contributed by atoms with van der Waals surface area (Å²) in [6, 6.07) is 2.51. The molecule has 1 fully saturated rings. The minimum absolute atomic E-state index is 0.0576. The standard InChI is InChI=1S/C25H35N3O5S/c1-7-9-22(26-18(5)21-10-8-11-34-21)33-15-19-12-20(14-29)28(13-19)24(30)23(17(4)16(2)3)27-25(31)32-6/h7-11,14,16-17,19-20,23H,5,12-13,15H2,1-4,6H3,(H,27,31)/b9-7-,26-22?/t17?,19-,20+,23+/m1/s1. The molecule has 4 atom stereocenters. The molecule has 8 nitrogen and oxygen atoms in total. The minimum atomic E-state index is -0.788. The van der Waals surface area contributed by atoms with Gasteiger partial charge in [0.05, 0.1) is 30.3 Å². The predicted octanol–water partition coefficient (Wildman–Crippen LogP) is 4.14. The van der Waals surface area contributed by atoms with Gasteiger partial charge < -0.3 is 24.5 Å². The second-order valence-corrected chi connectivity index (χ2v) is 9.65. The fraction of sp³-hybridized carbons (Fsp3) is 0.520. The Morgan fingerprint density at radius 1 is 1.38 bits per heavy atom. The number of methoxy groups -OCH3 is 1. The summed E-state index contributed by atoms with van der Waals surface area (Å²) >= 11 is 1.55. The van der Waals surface area contributed by atoms with Crippen LogP contribution in [0.15, 0.2) is 41.2 Å². The van der Waals surface area contributed by atoms with Gasteiger partial charge in [-0.1, -0.05) is 39.5 Å². The second-order valence-electron chi connectivity index (χ2n) is 8.70. The number of nitrogens with zero attached hydrogens (tertiary/aromatic N) is 2. The number of aldehydes is 1. The SMILES string of the molecule is C=C(N=C(/C=C\C)OC[C@@H]1C[C@@H](C=O)N(C(=O)[C@@H](NC(=O)OC)C(C)C(C)C)C1)c1cccs1. The Kier molecular flexibility index (Phi) is 10.5. The molecule has 1 aliphatic heterocycles. The van der Waals surface area contributed by atoms with Crippen molar-refractivity contribution in [1.82, 2.24) is 10.2 Å². The lowest BCUT2D eigenvalue weighted by atomic mass is 9.89. The number of allylic oxidation sites excluding steroid dienone is 1. The van der Waals surface area contributed by atoms with Crippen LogP contribution in [0.3, 0.4) is 0 Å². The van der Waals surface area contributed by atoms with Gasteiger partial charge in [0.15, 0.2) is 0 Å². The molecule has 0 aromatic carbocycles. The van der Waals surface area contributed by atoms with Gasteiger partial charge in [0.1, 0.15) is 12.3 Å². The zero-order valence-corrected chi connectivity index (χ0v) is 21.3. The average Bonchev–Trinajstić information content (AvgIpc) is 3.50. The van der Waals surface area contributed by atoms with Gasteiger partial charge in [-0.3, -0.25) is 4.79 Å². The van der Waals surface area contributed by atoms with Crippen LogP contribution < -0.4 is 5.32 Å².